The Labute approximate surface area is 76.9 Å². The fraction of sp³-hybridized carbons (Fsp3) is 0.875. The highest BCUT2D eigenvalue weighted by Gasteiger charge is 2.23. The summed E-state index contributed by atoms with van der Waals surface area (Å²) in [5.74, 6) is -0.755. The molecule has 1 aliphatic rings. The van der Waals surface area contributed by atoms with Crippen LogP contribution in [0.3, 0.4) is 0 Å². The number of carbonyl (C=O) groups is 1. The van der Waals surface area contributed by atoms with E-state index in [9.17, 15) is 4.79 Å². The molecular formula is C8H15NO2S. The molecule has 1 atom stereocenters. The normalized spacial score (nSPS) is 21.1. The quantitative estimate of drug-likeness (QED) is 0.654. The van der Waals surface area contributed by atoms with Crippen LogP contribution in [0.15, 0.2) is 0 Å². The van der Waals surface area contributed by atoms with Gasteiger partial charge in [0.1, 0.15) is 0 Å². The lowest BCUT2D eigenvalue weighted by Gasteiger charge is -2.15. The van der Waals surface area contributed by atoms with Crippen molar-refractivity contribution in [3.8, 4) is 0 Å². The van der Waals surface area contributed by atoms with Gasteiger partial charge in [0.25, 0.3) is 0 Å². The molecule has 0 aromatic carbocycles. The second-order valence-electron chi connectivity index (χ2n) is 3.05. The lowest BCUT2D eigenvalue weighted by Crippen LogP contribution is -2.32. The zero-order valence-corrected chi connectivity index (χ0v) is 8.06. The fourth-order valence-corrected chi connectivity index (χ4v) is 2.71. The first-order chi connectivity index (χ1) is 5.74. The van der Waals surface area contributed by atoms with E-state index in [4.69, 9.17) is 5.11 Å². The zero-order valence-electron chi connectivity index (χ0n) is 7.25. The van der Waals surface area contributed by atoms with Gasteiger partial charge in [0, 0.05) is 5.25 Å². The van der Waals surface area contributed by atoms with Crippen molar-refractivity contribution in [3.05, 3.63) is 0 Å². The van der Waals surface area contributed by atoms with E-state index in [1.807, 2.05) is 0 Å². The second-order valence-corrected chi connectivity index (χ2v) is 4.46. The predicted molar refractivity (Wildman–Crippen MR) is 50.3 cm³/mol. The Morgan fingerprint density at radius 2 is 2.17 bits per heavy atom. The minimum atomic E-state index is -0.755. The molecule has 12 heavy (non-hydrogen) atoms. The Hall–Kier alpha value is -0.220. The molecule has 0 radical (unpaired) electrons. The molecule has 1 fully saturated rings. The lowest BCUT2D eigenvalue weighted by molar-refractivity contribution is -0.136. The Bertz CT molecular complexity index is 157. The van der Waals surface area contributed by atoms with Crippen LogP contribution in [0.4, 0.5) is 0 Å². The predicted octanol–water partition coefficient (Wildman–Crippen LogP) is 1.29. The first-order valence-electron chi connectivity index (χ1n) is 4.29. The summed E-state index contributed by atoms with van der Waals surface area (Å²) in [4.78, 5) is 10.6. The maximum absolute atomic E-state index is 10.6. The van der Waals surface area contributed by atoms with E-state index in [-0.39, 0.29) is 0 Å². The average Bonchev–Trinajstić information content (AvgIpc) is 2.51. The lowest BCUT2D eigenvalue weighted by atomic mass is 10.4. The van der Waals surface area contributed by atoms with Gasteiger partial charge in [0.15, 0.2) is 5.37 Å². The smallest absolute Gasteiger partial charge is 0.331 e. The first-order valence-corrected chi connectivity index (χ1v) is 5.24. The van der Waals surface area contributed by atoms with E-state index < -0.39 is 11.3 Å². The van der Waals surface area contributed by atoms with Gasteiger partial charge in [-0.1, -0.05) is 12.8 Å². The van der Waals surface area contributed by atoms with Gasteiger partial charge < -0.3 is 5.11 Å². The Morgan fingerprint density at radius 1 is 1.58 bits per heavy atom. The summed E-state index contributed by atoms with van der Waals surface area (Å²) < 4.78 is 0. The molecule has 1 saturated carbocycles. The minimum Gasteiger partial charge on any atom is -0.479 e. The van der Waals surface area contributed by atoms with Gasteiger partial charge in [-0.2, -0.15) is 0 Å². The minimum absolute atomic E-state index is 0.423. The van der Waals surface area contributed by atoms with Crippen LogP contribution in [0.25, 0.3) is 0 Å². The van der Waals surface area contributed by atoms with Gasteiger partial charge >= 0.3 is 5.97 Å². The largest absolute Gasteiger partial charge is 0.479 e. The summed E-state index contributed by atoms with van der Waals surface area (Å²) in [6, 6.07) is 0. The molecule has 70 valence electrons. The molecule has 1 aliphatic carbocycles. The highest BCUT2D eigenvalue weighted by molar-refractivity contribution is 8.01. The fourth-order valence-electron chi connectivity index (χ4n) is 1.47. The number of carboxylic acid groups (broad SMARTS) is 1. The van der Waals surface area contributed by atoms with Crippen molar-refractivity contribution in [2.75, 3.05) is 7.05 Å². The number of thioether (sulfide) groups is 1. The molecule has 0 aromatic rings. The summed E-state index contributed by atoms with van der Waals surface area (Å²) in [6.45, 7) is 0. The third-order valence-electron chi connectivity index (χ3n) is 2.12. The van der Waals surface area contributed by atoms with E-state index in [0.717, 1.165) is 0 Å². The number of hydrogen-bond donors (Lipinski definition) is 2. The standard InChI is InChI=1S/C8H15NO2S/c1-9-7(8(10)11)12-6-4-2-3-5-6/h6-7,9H,2-5H2,1H3,(H,10,11). The highest BCUT2D eigenvalue weighted by atomic mass is 32.2. The van der Waals surface area contributed by atoms with Crippen molar-refractivity contribution in [3.63, 3.8) is 0 Å². The SMILES string of the molecule is CNC(SC1CCCC1)C(=O)O. The molecule has 0 saturated heterocycles. The van der Waals surface area contributed by atoms with Crippen LogP contribution < -0.4 is 5.32 Å². The maximum atomic E-state index is 10.6. The molecule has 1 rings (SSSR count). The van der Waals surface area contributed by atoms with Crippen LogP contribution in [0.2, 0.25) is 0 Å². The topological polar surface area (TPSA) is 49.3 Å². The summed E-state index contributed by atoms with van der Waals surface area (Å²) in [5.41, 5.74) is 0. The van der Waals surface area contributed by atoms with E-state index >= 15 is 0 Å². The molecule has 0 aliphatic heterocycles. The van der Waals surface area contributed by atoms with Crippen molar-refractivity contribution in [1.29, 1.82) is 0 Å². The number of nitrogens with one attached hydrogen (secondary N) is 1. The molecule has 0 amide bonds. The molecule has 1 unspecified atom stereocenters. The molecule has 2 N–H and O–H groups in total. The van der Waals surface area contributed by atoms with Gasteiger partial charge in [0.2, 0.25) is 0 Å². The van der Waals surface area contributed by atoms with E-state index in [0.29, 0.717) is 5.25 Å². The third-order valence-corrected chi connectivity index (χ3v) is 3.68. The van der Waals surface area contributed by atoms with E-state index in [2.05, 4.69) is 5.32 Å². The average molecular weight is 189 g/mol. The summed E-state index contributed by atoms with van der Waals surface area (Å²) >= 11 is 1.55. The van der Waals surface area contributed by atoms with Crippen molar-refractivity contribution in [2.24, 2.45) is 0 Å². The van der Waals surface area contributed by atoms with Gasteiger partial charge in [-0.25, -0.2) is 4.79 Å². The van der Waals surface area contributed by atoms with Gasteiger partial charge in [0.05, 0.1) is 0 Å². The Kier molecular flexibility index (Phi) is 3.88. The molecule has 4 heteroatoms. The molecular weight excluding hydrogens is 174 g/mol. The van der Waals surface area contributed by atoms with Gasteiger partial charge in [-0.15, -0.1) is 11.8 Å². The number of hydrogen-bond acceptors (Lipinski definition) is 3. The molecule has 0 aromatic heterocycles. The summed E-state index contributed by atoms with van der Waals surface area (Å²) in [5, 5.41) is 11.7. The maximum Gasteiger partial charge on any atom is 0.331 e. The molecule has 0 heterocycles. The number of likely N-dealkylation sites (N-methyl/N-ethyl adjacent to an activating group) is 1. The van der Waals surface area contributed by atoms with E-state index in [1.54, 1.807) is 18.8 Å². The van der Waals surface area contributed by atoms with Crippen molar-refractivity contribution < 1.29 is 9.90 Å². The summed E-state index contributed by atoms with van der Waals surface area (Å²) in [6.07, 6.45) is 4.87. The Balaban J connectivity index is 2.30. The first kappa shape index (κ1) is 9.86. The molecule has 0 bridgehead atoms. The van der Waals surface area contributed by atoms with Crippen LogP contribution in [0.5, 0.6) is 0 Å². The number of aliphatic carboxylic acids is 1. The highest BCUT2D eigenvalue weighted by Crippen LogP contribution is 2.31. The van der Waals surface area contributed by atoms with Gasteiger partial charge in [-0.3, -0.25) is 5.32 Å². The van der Waals surface area contributed by atoms with Crippen LogP contribution in [0, 0.1) is 0 Å². The van der Waals surface area contributed by atoms with Crippen LogP contribution in [-0.2, 0) is 4.79 Å². The number of carboxylic acids is 1. The van der Waals surface area contributed by atoms with Crippen molar-refractivity contribution in [2.45, 2.75) is 36.3 Å². The monoisotopic (exact) mass is 189 g/mol. The van der Waals surface area contributed by atoms with E-state index in [1.165, 1.54) is 25.7 Å². The second kappa shape index (κ2) is 4.72. The summed E-state index contributed by atoms with van der Waals surface area (Å²) in [7, 11) is 1.70. The Morgan fingerprint density at radius 3 is 2.58 bits per heavy atom. The van der Waals surface area contributed by atoms with Crippen LogP contribution >= 0.6 is 11.8 Å². The van der Waals surface area contributed by atoms with Crippen LogP contribution in [-0.4, -0.2) is 28.7 Å². The van der Waals surface area contributed by atoms with Crippen molar-refractivity contribution >= 4 is 17.7 Å². The van der Waals surface area contributed by atoms with Gasteiger partial charge in [-0.05, 0) is 19.9 Å². The molecule has 0 spiro atoms. The van der Waals surface area contributed by atoms with Crippen LogP contribution in [0.1, 0.15) is 25.7 Å². The zero-order chi connectivity index (χ0) is 8.97. The third kappa shape index (κ3) is 2.68. The van der Waals surface area contributed by atoms with Crippen molar-refractivity contribution in [1.82, 2.24) is 5.32 Å². The molecule has 3 nitrogen and oxygen atoms in total. The number of rotatable bonds is 4.